The zero-order valence-electron chi connectivity index (χ0n) is 16.2. The van der Waals surface area contributed by atoms with Crippen LogP contribution in [0.1, 0.15) is 46.5 Å². The third-order valence-corrected chi connectivity index (χ3v) is 8.61. The standard InChI is InChI=1S/C23H30O3/c1-21-10-8-16(24)14-15(21)4-5-17-18-6-7-20(23(3)25-12-13-26-23)22(18,2)11-9-19(17)21/h4-5,8,10,14,17-20H,6-7,9,11-13H2,1-3H3/t17-,18-,19-,20-,21-,22-/m0/s1. The van der Waals surface area contributed by atoms with E-state index in [1.165, 1.54) is 31.3 Å². The first-order chi connectivity index (χ1) is 12.4. The normalized spacial score (nSPS) is 48.7. The van der Waals surface area contributed by atoms with Gasteiger partial charge < -0.3 is 9.47 Å². The lowest BCUT2D eigenvalue weighted by atomic mass is 9.49. The van der Waals surface area contributed by atoms with Crippen molar-refractivity contribution in [2.24, 2.45) is 34.5 Å². The Morgan fingerprint density at radius 1 is 1.00 bits per heavy atom. The second kappa shape index (κ2) is 5.42. The van der Waals surface area contributed by atoms with Crippen LogP contribution in [0.25, 0.3) is 0 Å². The molecule has 3 nitrogen and oxygen atoms in total. The van der Waals surface area contributed by atoms with Gasteiger partial charge in [0.15, 0.2) is 11.6 Å². The van der Waals surface area contributed by atoms with Crippen molar-refractivity contribution in [1.82, 2.24) is 0 Å². The van der Waals surface area contributed by atoms with Crippen molar-refractivity contribution in [1.29, 1.82) is 0 Å². The van der Waals surface area contributed by atoms with Crippen LogP contribution in [0.3, 0.4) is 0 Å². The summed E-state index contributed by atoms with van der Waals surface area (Å²) in [7, 11) is 0. The van der Waals surface area contributed by atoms with Crippen molar-refractivity contribution >= 4 is 5.78 Å². The van der Waals surface area contributed by atoms with E-state index in [1.807, 2.05) is 6.08 Å². The number of hydrogen-bond acceptors (Lipinski definition) is 3. The Labute approximate surface area is 156 Å². The van der Waals surface area contributed by atoms with Crippen LogP contribution in [-0.2, 0) is 14.3 Å². The Kier molecular flexibility index (Phi) is 3.53. The summed E-state index contributed by atoms with van der Waals surface area (Å²) in [5.41, 5.74) is 1.49. The molecule has 0 bridgehead atoms. The number of allylic oxidation sites excluding steroid dienone is 6. The van der Waals surface area contributed by atoms with Gasteiger partial charge in [0, 0.05) is 11.3 Å². The minimum absolute atomic E-state index is 0.0109. The molecule has 1 saturated heterocycles. The SMILES string of the molecule is CC1([C@H]2CC[C@H]3[C@@H]4C=CC5=CC(=O)C=C[C@]5(C)[C@H]4CC[C@]23C)OCCO1. The first-order valence-electron chi connectivity index (χ1n) is 10.3. The van der Waals surface area contributed by atoms with E-state index in [0.29, 0.717) is 23.7 Å². The average Bonchev–Trinajstić information content (AvgIpc) is 3.19. The van der Waals surface area contributed by atoms with E-state index in [-0.39, 0.29) is 16.6 Å². The van der Waals surface area contributed by atoms with Crippen molar-refractivity contribution in [3.05, 3.63) is 36.0 Å². The fraction of sp³-hybridized carbons (Fsp3) is 0.696. The molecule has 3 heteroatoms. The van der Waals surface area contributed by atoms with Gasteiger partial charge >= 0.3 is 0 Å². The van der Waals surface area contributed by atoms with Crippen LogP contribution in [0.2, 0.25) is 0 Å². The summed E-state index contributed by atoms with van der Waals surface area (Å²) >= 11 is 0. The van der Waals surface area contributed by atoms with Crippen molar-refractivity contribution in [2.75, 3.05) is 13.2 Å². The van der Waals surface area contributed by atoms with Crippen LogP contribution in [0.4, 0.5) is 0 Å². The van der Waals surface area contributed by atoms with Crippen LogP contribution in [0, 0.1) is 34.5 Å². The maximum Gasteiger partial charge on any atom is 0.178 e. The van der Waals surface area contributed by atoms with Gasteiger partial charge in [0.1, 0.15) is 0 Å². The maximum absolute atomic E-state index is 11.9. The molecule has 26 heavy (non-hydrogen) atoms. The zero-order chi connectivity index (χ0) is 18.2. The number of fused-ring (bicyclic) bond motifs is 5. The third kappa shape index (κ3) is 2.10. The summed E-state index contributed by atoms with van der Waals surface area (Å²) in [6.45, 7) is 8.44. The lowest BCUT2D eigenvalue weighted by molar-refractivity contribution is -0.212. The van der Waals surface area contributed by atoms with Gasteiger partial charge in [-0.2, -0.15) is 0 Å². The Morgan fingerprint density at radius 2 is 1.77 bits per heavy atom. The van der Waals surface area contributed by atoms with Crippen molar-refractivity contribution in [3.63, 3.8) is 0 Å². The number of carbonyl (C=O) groups is 1. The average molecular weight is 354 g/mol. The second-order valence-corrected chi connectivity index (χ2v) is 9.65. The summed E-state index contributed by atoms with van der Waals surface area (Å²) in [5.74, 6) is 2.06. The molecule has 3 fully saturated rings. The topological polar surface area (TPSA) is 35.5 Å². The molecule has 6 atom stereocenters. The molecule has 0 aromatic rings. The van der Waals surface area contributed by atoms with E-state index >= 15 is 0 Å². The van der Waals surface area contributed by atoms with Gasteiger partial charge in [-0.1, -0.05) is 32.1 Å². The largest absolute Gasteiger partial charge is 0.348 e. The molecule has 5 rings (SSSR count). The van der Waals surface area contributed by atoms with Crippen molar-refractivity contribution in [3.8, 4) is 0 Å². The molecule has 0 spiro atoms. The molecule has 2 saturated carbocycles. The molecule has 0 aromatic carbocycles. The molecule has 1 aliphatic heterocycles. The molecular formula is C23H30O3. The summed E-state index contributed by atoms with van der Waals surface area (Å²) < 4.78 is 12.2. The molecule has 140 valence electrons. The Hall–Kier alpha value is -1.19. The van der Waals surface area contributed by atoms with E-state index in [9.17, 15) is 4.79 Å². The van der Waals surface area contributed by atoms with Gasteiger partial charge in [-0.05, 0) is 73.5 Å². The Balaban J connectivity index is 1.50. The predicted molar refractivity (Wildman–Crippen MR) is 100 cm³/mol. The summed E-state index contributed by atoms with van der Waals surface area (Å²) in [6, 6.07) is 0. The van der Waals surface area contributed by atoms with E-state index < -0.39 is 5.79 Å². The molecule has 0 radical (unpaired) electrons. The van der Waals surface area contributed by atoms with Gasteiger partial charge in [0.05, 0.1) is 13.2 Å². The molecule has 0 unspecified atom stereocenters. The predicted octanol–water partition coefficient (Wildman–Crippen LogP) is 4.45. The van der Waals surface area contributed by atoms with Crippen molar-refractivity contribution in [2.45, 2.75) is 52.2 Å². The first-order valence-corrected chi connectivity index (χ1v) is 10.3. The van der Waals surface area contributed by atoms with Gasteiger partial charge in [-0.25, -0.2) is 0 Å². The maximum atomic E-state index is 11.9. The van der Waals surface area contributed by atoms with Crippen LogP contribution in [0.5, 0.6) is 0 Å². The van der Waals surface area contributed by atoms with E-state index in [0.717, 1.165) is 13.2 Å². The third-order valence-electron chi connectivity index (χ3n) is 8.61. The monoisotopic (exact) mass is 354 g/mol. The Morgan fingerprint density at radius 3 is 2.54 bits per heavy atom. The summed E-state index contributed by atoms with van der Waals surface area (Å²) in [5, 5.41) is 0. The molecule has 5 aliphatic rings. The Bertz CT molecular complexity index is 726. The van der Waals surface area contributed by atoms with Gasteiger partial charge in [-0.15, -0.1) is 0 Å². The van der Waals surface area contributed by atoms with Gasteiger partial charge in [0.25, 0.3) is 0 Å². The molecule has 4 aliphatic carbocycles. The fourth-order valence-electron chi connectivity index (χ4n) is 7.24. The van der Waals surface area contributed by atoms with Crippen LogP contribution in [0.15, 0.2) is 36.0 Å². The number of ether oxygens (including phenoxy) is 2. The van der Waals surface area contributed by atoms with E-state index in [2.05, 4.69) is 39.0 Å². The van der Waals surface area contributed by atoms with E-state index in [4.69, 9.17) is 9.47 Å². The fourth-order valence-corrected chi connectivity index (χ4v) is 7.24. The number of hydrogen-bond donors (Lipinski definition) is 0. The van der Waals surface area contributed by atoms with Crippen molar-refractivity contribution < 1.29 is 14.3 Å². The zero-order valence-corrected chi connectivity index (χ0v) is 16.2. The minimum atomic E-state index is -0.402. The second-order valence-electron chi connectivity index (χ2n) is 9.65. The molecule has 0 aromatic heterocycles. The molecule has 0 N–H and O–H groups in total. The number of rotatable bonds is 1. The quantitative estimate of drug-likeness (QED) is 0.698. The highest BCUT2D eigenvalue weighted by Gasteiger charge is 2.62. The highest BCUT2D eigenvalue weighted by Crippen LogP contribution is 2.66. The lowest BCUT2D eigenvalue weighted by Gasteiger charge is -2.56. The number of ketones is 1. The highest BCUT2D eigenvalue weighted by molar-refractivity contribution is 6.01. The van der Waals surface area contributed by atoms with Crippen LogP contribution >= 0.6 is 0 Å². The molecule has 1 heterocycles. The molecular weight excluding hydrogens is 324 g/mol. The number of carbonyl (C=O) groups excluding carboxylic acids is 1. The van der Waals surface area contributed by atoms with Crippen LogP contribution in [-0.4, -0.2) is 24.8 Å². The smallest absolute Gasteiger partial charge is 0.178 e. The highest BCUT2D eigenvalue weighted by atomic mass is 16.7. The minimum Gasteiger partial charge on any atom is -0.348 e. The van der Waals surface area contributed by atoms with E-state index in [1.54, 1.807) is 6.08 Å². The first kappa shape index (κ1) is 16.9. The van der Waals surface area contributed by atoms with Crippen LogP contribution < -0.4 is 0 Å². The molecule has 0 amide bonds. The lowest BCUT2D eigenvalue weighted by Crippen LogP contribution is -2.51. The summed E-state index contributed by atoms with van der Waals surface area (Å²) in [4.78, 5) is 11.9. The summed E-state index contributed by atoms with van der Waals surface area (Å²) in [6.07, 6.45) is 15.4. The van der Waals surface area contributed by atoms with Gasteiger partial charge in [-0.3, -0.25) is 4.79 Å². The van der Waals surface area contributed by atoms with Gasteiger partial charge in [0.2, 0.25) is 0 Å².